The molecule has 2 aromatic rings. The molecule has 0 fully saturated rings. The average Bonchev–Trinajstić information content (AvgIpc) is 2.61. The number of ether oxygens (including phenoxy) is 1. The molecule has 0 bridgehead atoms. The van der Waals surface area contributed by atoms with Crippen LogP contribution in [0.1, 0.15) is 10.4 Å². The van der Waals surface area contributed by atoms with Gasteiger partial charge in [0.2, 0.25) is 0 Å². The number of benzene rings is 1. The Labute approximate surface area is 99.0 Å². The first-order valence-electron chi connectivity index (χ1n) is 3.97. The molecule has 0 unspecified atom stereocenters. The first kappa shape index (κ1) is 9.92. The maximum Gasteiger partial charge on any atom is 0.174 e. The van der Waals surface area contributed by atoms with Gasteiger partial charge in [-0.2, -0.15) is 0 Å². The molecule has 0 saturated heterocycles. The molecule has 1 heterocycles. The predicted molar refractivity (Wildman–Crippen MR) is 66.5 cm³/mol. The minimum Gasteiger partial charge on any atom is -0.487 e. The second kappa shape index (κ2) is 3.86. The number of carbonyl (C=O) groups excluding carboxylic acids is 1. The molecule has 0 atom stereocenters. The molecule has 0 aliphatic heterocycles. The van der Waals surface area contributed by atoms with Gasteiger partial charge in [0.1, 0.15) is 6.29 Å². The quantitative estimate of drug-likeness (QED) is 0.627. The van der Waals surface area contributed by atoms with E-state index in [0.29, 0.717) is 5.56 Å². The maximum absolute atomic E-state index is 10.6. The van der Waals surface area contributed by atoms with E-state index in [0.717, 1.165) is 20.3 Å². The van der Waals surface area contributed by atoms with Crippen molar-refractivity contribution in [2.45, 2.75) is 0 Å². The molecule has 0 aliphatic rings. The molecular weight excluding hydrogens is 311 g/mol. The summed E-state index contributed by atoms with van der Waals surface area (Å²) in [6, 6.07) is 5.71. The van der Waals surface area contributed by atoms with Crippen LogP contribution in [-0.4, -0.2) is 13.4 Å². The molecular formula is C10H7IO2S. The summed E-state index contributed by atoms with van der Waals surface area (Å²) < 4.78 is 7.42. The fourth-order valence-electron chi connectivity index (χ4n) is 1.28. The van der Waals surface area contributed by atoms with Crippen molar-refractivity contribution < 1.29 is 9.53 Å². The third-order valence-corrected chi connectivity index (χ3v) is 4.27. The van der Waals surface area contributed by atoms with Gasteiger partial charge in [-0.15, -0.1) is 0 Å². The van der Waals surface area contributed by atoms with Gasteiger partial charge >= 0.3 is 0 Å². The Morgan fingerprint density at radius 2 is 2.21 bits per heavy atom. The van der Waals surface area contributed by atoms with E-state index in [4.69, 9.17) is 4.74 Å². The molecule has 2 nitrogen and oxygen atoms in total. The van der Waals surface area contributed by atoms with E-state index < -0.39 is 0 Å². The molecule has 14 heavy (non-hydrogen) atoms. The van der Waals surface area contributed by atoms with Gasteiger partial charge in [0.15, 0.2) is 5.06 Å². The number of hydrogen-bond donors (Lipinski definition) is 0. The van der Waals surface area contributed by atoms with Crippen LogP contribution in [0.15, 0.2) is 18.2 Å². The number of thiophene rings is 1. The van der Waals surface area contributed by atoms with Gasteiger partial charge in [-0.3, -0.25) is 4.79 Å². The molecule has 0 saturated carbocycles. The highest BCUT2D eigenvalue weighted by Crippen LogP contribution is 2.35. The van der Waals surface area contributed by atoms with E-state index in [1.807, 2.05) is 18.2 Å². The number of aldehydes is 1. The van der Waals surface area contributed by atoms with Gasteiger partial charge in [-0.05, 0) is 46.2 Å². The minimum atomic E-state index is 0.711. The number of methoxy groups -OCH3 is 1. The maximum atomic E-state index is 10.6. The lowest BCUT2D eigenvalue weighted by Gasteiger charge is -1.94. The number of halogens is 1. The Morgan fingerprint density at radius 3 is 2.86 bits per heavy atom. The standard InChI is InChI=1S/C10H7IO2S/c1-13-9-4-7-2-6(5-12)3-8(11)10(7)14-9/h2-5H,1H3. The van der Waals surface area contributed by atoms with Crippen LogP contribution in [0.2, 0.25) is 0 Å². The normalized spacial score (nSPS) is 10.4. The third kappa shape index (κ3) is 1.64. The number of fused-ring (bicyclic) bond motifs is 1. The first-order valence-corrected chi connectivity index (χ1v) is 5.86. The van der Waals surface area contributed by atoms with Crippen molar-refractivity contribution in [3.05, 3.63) is 27.3 Å². The number of hydrogen-bond acceptors (Lipinski definition) is 3. The fourth-order valence-corrected chi connectivity index (χ4v) is 3.14. The molecule has 0 spiro atoms. The zero-order chi connectivity index (χ0) is 10.1. The van der Waals surface area contributed by atoms with E-state index in [-0.39, 0.29) is 0 Å². The lowest BCUT2D eigenvalue weighted by molar-refractivity contribution is 0.112. The molecule has 72 valence electrons. The van der Waals surface area contributed by atoms with Gasteiger partial charge in [-0.1, -0.05) is 11.3 Å². The molecule has 0 aliphatic carbocycles. The van der Waals surface area contributed by atoms with Crippen LogP contribution in [0.3, 0.4) is 0 Å². The van der Waals surface area contributed by atoms with Crippen LogP contribution in [-0.2, 0) is 0 Å². The van der Waals surface area contributed by atoms with Crippen molar-refractivity contribution in [2.24, 2.45) is 0 Å². The molecule has 0 radical (unpaired) electrons. The highest BCUT2D eigenvalue weighted by Gasteiger charge is 2.06. The second-order valence-corrected chi connectivity index (χ2v) is 4.99. The summed E-state index contributed by atoms with van der Waals surface area (Å²) in [4.78, 5) is 10.6. The van der Waals surface area contributed by atoms with Gasteiger partial charge in [-0.25, -0.2) is 0 Å². The lowest BCUT2D eigenvalue weighted by atomic mass is 10.2. The predicted octanol–water partition coefficient (Wildman–Crippen LogP) is 3.33. The van der Waals surface area contributed by atoms with E-state index in [2.05, 4.69) is 22.6 Å². The van der Waals surface area contributed by atoms with Crippen molar-refractivity contribution in [3.8, 4) is 5.06 Å². The van der Waals surface area contributed by atoms with Crippen molar-refractivity contribution in [3.63, 3.8) is 0 Å². The molecule has 0 amide bonds. The van der Waals surface area contributed by atoms with E-state index in [1.54, 1.807) is 18.4 Å². The SMILES string of the molecule is COc1cc2cc(C=O)cc(I)c2s1. The van der Waals surface area contributed by atoms with E-state index in [9.17, 15) is 4.79 Å². The Kier molecular flexibility index (Phi) is 2.73. The molecule has 0 N–H and O–H groups in total. The summed E-state index contributed by atoms with van der Waals surface area (Å²) in [5.41, 5.74) is 0.711. The van der Waals surface area contributed by atoms with Crippen LogP contribution in [0.25, 0.3) is 10.1 Å². The summed E-state index contributed by atoms with van der Waals surface area (Å²) in [5.74, 6) is 0. The third-order valence-electron chi connectivity index (χ3n) is 1.91. The van der Waals surface area contributed by atoms with Crippen LogP contribution < -0.4 is 4.74 Å². The Balaban J connectivity index is 2.73. The summed E-state index contributed by atoms with van der Waals surface area (Å²) in [6.07, 6.45) is 0.867. The van der Waals surface area contributed by atoms with Crippen molar-refractivity contribution in [1.29, 1.82) is 0 Å². The van der Waals surface area contributed by atoms with Crippen LogP contribution in [0.5, 0.6) is 5.06 Å². The van der Waals surface area contributed by atoms with Gasteiger partial charge in [0.05, 0.1) is 11.8 Å². The highest BCUT2D eigenvalue weighted by molar-refractivity contribution is 14.1. The van der Waals surface area contributed by atoms with Crippen LogP contribution >= 0.6 is 33.9 Å². The average molecular weight is 318 g/mol. The molecule has 1 aromatic heterocycles. The second-order valence-electron chi connectivity index (χ2n) is 2.81. The smallest absolute Gasteiger partial charge is 0.174 e. The molecule has 1 aromatic carbocycles. The van der Waals surface area contributed by atoms with Crippen LogP contribution in [0.4, 0.5) is 0 Å². The Morgan fingerprint density at radius 1 is 1.43 bits per heavy atom. The topological polar surface area (TPSA) is 26.3 Å². The summed E-state index contributed by atoms with van der Waals surface area (Å²) in [6.45, 7) is 0. The monoisotopic (exact) mass is 318 g/mol. The molecule has 4 heteroatoms. The van der Waals surface area contributed by atoms with Crippen molar-refractivity contribution >= 4 is 50.3 Å². The molecule has 2 rings (SSSR count). The zero-order valence-corrected chi connectivity index (χ0v) is 10.4. The van der Waals surface area contributed by atoms with Gasteiger partial charge < -0.3 is 4.74 Å². The Bertz CT molecular complexity index is 490. The van der Waals surface area contributed by atoms with Crippen molar-refractivity contribution in [2.75, 3.05) is 7.11 Å². The van der Waals surface area contributed by atoms with Gasteiger partial charge in [0.25, 0.3) is 0 Å². The van der Waals surface area contributed by atoms with E-state index in [1.165, 1.54) is 4.70 Å². The van der Waals surface area contributed by atoms with Crippen molar-refractivity contribution in [1.82, 2.24) is 0 Å². The highest BCUT2D eigenvalue weighted by atomic mass is 127. The minimum absolute atomic E-state index is 0.711. The summed E-state index contributed by atoms with van der Waals surface area (Å²) in [5, 5.41) is 1.95. The van der Waals surface area contributed by atoms with Crippen LogP contribution in [0, 0.1) is 3.57 Å². The summed E-state index contributed by atoms with van der Waals surface area (Å²) >= 11 is 3.83. The lowest BCUT2D eigenvalue weighted by Crippen LogP contribution is -1.80. The summed E-state index contributed by atoms with van der Waals surface area (Å²) in [7, 11) is 1.65. The zero-order valence-electron chi connectivity index (χ0n) is 7.41. The Hall–Kier alpha value is -0.620. The van der Waals surface area contributed by atoms with Gasteiger partial charge in [0, 0.05) is 9.13 Å². The number of rotatable bonds is 2. The largest absolute Gasteiger partial charge is 0.487 e. The fraction of sp³-hybridized carbons (Fsp3) is 0.100. The first-order chi connectivity index (χ1) is 6.74. The number of carbonyl (C=O) groups is 1. The van der Waals surface area contributed by atoms with E-state index >= 15 is 0 Å².